The molecule has 1 aromatic heterocycles. The molecular weight excluding hydrogens is 403 g/mol. The Morgan fingerprint density at radius 1 is 1.10 bits per heavy atom. The van der Waals surface area contributed by atoms with Crippen molar-refractivity contribution in [2.75, 3.05) is 36.8 Å². The summed E-state index contributed by atoms with van der Waals surface area (Å²) in [6, 6.07) is 6.37. The number of carbonyl (C=O) groups is 1. The summed E-state index contributed by atoms with van der Waals surface area (Å²) in [5.74, 6) is 0.581. The minimum Gasteiger partial charge on any atom is -0.368 e. The molecular formula is C22H25FN4O2S. The quantitative estimate of drug-likeness (QED) is 0.704. The van der Waals surface area contributed by atoms with Gasteiger partial charge >= 0.3 is 0 Å². The lowest BCUT2D eigenvalue weighted by molar-refractivity contribution is -0.132. The number of benzene rings is 1. The number of hydrogen-bond acceptors (Lipinski definition) is 5. The molecule has 0 bridgehead atoms. The maximum atomic E-state index is 13.1. The third kappa shape index (κ3) is 3.62. The molecule has 0 N–H and O–H groups in total. The highest BCUT2D eigenvalue weighted by Gasteiger charge is 2.32. The molecule has 6 nitrogen and oxygen atoms in total. The van der Waals surface area contributed by atoms with E-state index in [1.165, 1.54) is 12.1 Å². The minimum absolute atomic E-state index is 0.0682. The van der Waals surface area contributed by atoms with Crippen molar-refractivity contribution in [2.24, 2.45) is 0 Å². The fourth-order valence-electron chi connectivity index (χ4n) is 4.66. The average Bonchev–Trinajstić information content (AvgIpc) is 3.17. The number of amides is 1. The Hall–Kier alpha value is -2.35. The normalized spacial score (nSPS) is 20.8. The molecule has 1 atom stereocenters. The van der Waals surface area contributed by atoms with Crippen molar-refractivity contribution in [1.82, 2.24) is 14.5 Å². The molecule has 2 aliphatic heterocycles. The molecule has 1 amide bonds. The zero-order valence-electron chi connectivity index (χ0n) is 16.8. The second kappa shape index (κ2) is 8.06. The van der Waals surface area contributed by atoms with Gasteiger partial charge in [-0.2, -0.15) is 0 Å². The van der Waals surface area contributed by atoms with Gasteiger partial charge < -0.3 is 9.80 Å². The van der Waals surface area contributed by atoms with Crippen LogP contribution in [0.1, 0.15) is 36.6 Å². The molecule has 0 radical (unpaired) electrons. The van der Waals surface area contributed by atoms with Crippen LogP contribution in [-0.2, 0) is 17.6 Å². The van der Waals surface area contributed by atoms with Gasteiger partial charge in [0.05, 0.1) is 11.7 Å². The highest BCUT2D eigenvalue weighted by atomic mass is 32.2. The molecule has 0 saturated carbocycles. The molecule has 1 aromatic carbocycles. The molecule has 158 valence electrons. The molecule has 1 aliphatic carbocycles. The van der Waals surface area contributed by atoms with Crippen LogP contribution >= 0.6 is 11.8 Å². The molecule has 30 heavy (non-hydrogen) atoms. The Morgan fingerprint density at radius 3 is 2.60 bits per heavy atom. The van der Waals surface area contributed by atoms with E-state index in [4.69, 9.17) is 4.98 Å². The second-order valence-electron chi connectivity index (χ2n) is 8.22. The van der Waals surface area contributed by atoms with Crippen LogP contribution in [0.15, 0.2) is 34.2 Å². The van der Waals surface area contributed by atoms with Crippen LogP contribution in [0.25, 0.3) is 0 Å². The van der Waals surface area contributed by atoms with Crippen LogP contribution in [0, 0.1) is 5.82 Å². The minimum atomic E-state index is -0.242. The van der Waals surface area contributed by atoms with Crippen molar-refractivity contribution in [1.29, 1.82) is 0 Å². The maximum absolute atomic E-state index is 13.1. The Kier molecular flexibility index (Phi) is 5.26. The van der Waals surface area contributed by atoms with Gasteiger partial charge in [-0.1, -0.05) is 11.8 Å². The number of halogens is 1. The van der Waals surface area contributed by atoms with E-state index in [-0.39, 0.29) is 23.3 Å². The van der Waals surface area contributed by atoms with E-state index in [0.29, 0.717) is 19.5 Å². The number of nitrogens with zero attached hydrogens (tertiary/aromatic N) is 4. The van der Waals surface area contributed by atoms with E-state index in [0.717, 1.165) is 66.6 Å². The average molecular weight is 429 g/mol. The summed E-state index contributed by atoms with van der Waals surface area (Å²) in [5, 5.41) is 0.777. The first kappa shape index (κ1) is 19.6. The lowest BCUT2D eigenvalue weighted by Gasteiger charge is -2.36. The summed E-state index contributed by atoms with van der Waals surface area (Å²) in [6.45, 7) is 2.73. The van der Waals surface area contributed by atoms with Gasteiger partial charge in [0.2, 0.25) is 5.91 Å². The Morgan fingerprint density at radius 2 is 1.83 bits per heavy atom. The number of carbonyl (C=O) groups excluding carboxylic acids is 1. The molecule has 5 rings (SSSR count). The Labute approximate surface area is 179 Å². The summed E-state index contributed by atoms with van der Waals surface area (Å²) < 4.78 is 14.9. The molecule has 8 heteroatoms. The predicted octanol–water partition coefficient (Wildman–Crippen LogP) is 2.65. The van der Waals surface area contributed by atoms with Gasteiger partial charge in [0.15, 0.2) is 5.16 Å². The molecule has 0 spiro atoms. The third-order valence-electron chi connectivity index (χ3n) is 6.36. The molecule has 0 unspecified atom stereocenters. The predicted molar refractivity (Wildman–Crippen MR) is 115 cm³/mol. The van der Waals surface area contributed by atoms with E-state index < -0.39 is 0 Å². The van der Waals surface area contributed by atoms with Crippen molar-refractivity contribution >= 4 is 23.4 Å². The molecule has 3 aliphatic rings. The summed E-state index contributed by atoms with van der Waals surface area (Å²) >= 11 is 1.59. The van der Waals surface area contributed by atoms with Crippen molar-refractivity contribution in [2.45, 2.75) is 43.3 Å². The zero-order valence-corrected chi connectivity index (χ0v) is 17.7. The number of aromatic nitrogens is 2. The Balaban J connectivity index is 1.24. The summed E-state index contributed by atoms with van der Waals surface area (Å²) in [5.41, 5.74) is 2.87. The first-order valence-corrected chi connectivity index (χ1v) is 11.6. The van der Waals surface area contributed by atoms with Crippen LogP contribution in [0.3, 0.4) is 0 Å². The van der Waals surface area contributed by atoms with E-state index in [9.17, 15) is 14.0 Å². The summed E-state index contributed by atoms with van der Waals surface area (Å²) in [4.78, 5) is 34.8. The number of hydrogen-bond donors (Lipinski definition) is 0. The maximum Gasteiger partial charge on any atom is 0.257 e. The van der Waals surface area contributed by atoms with Crippen molar-refractivity contribution < 1.29 is 9.18 Å². The van der Waals surface area contributed by atoms with E-state index in [1.54, 1.807) is 28.5 Å². The van der Waals surface area contributed by atoms with Crippen LogP contribution in [0.2, 0.25) is 0 Å². The van der Waals surface area contributed by atoms with E-state index in [2.05, 4.69) is 4.90 Å². The number of rotatable bonds is 3. The first-order valence-electron chi connectivity index (χ1n) is 10.7. The van der Waals surface area contributed by atoms with Gasteiger partial charge in [-0.15, -0.1) is 0 Å². The van der Waals surface area contributed by atoms with Gasteiger partial charge in [0, 0.05) is 49.6 Å². The number of aryl methyl sites for hydroxylation is 1. The molecule has 2 aromatic rings. The second-order valence-corrected chi connectivity index (χ2v) is 9.20. The fraction of sp³-hybridized carbons (Fsp3) is 0.500. The SMILES string of the molecule is O=C(C[C@@H]1CSc2nc3c(c(=O)n21)CCCC3)N1CCN(c2ccc(F)cc2)CC1. The van der Waals surface area contributed by atoms with Crippen molar-refractivity contribution in [3.05, 3.63) is 51.7 Å². The van der Waals surface area contributed by atoms with E-state index in [1.807, 2.05) is 4.90 Å². The standard InChI is InChI=1S/C22H25FN4O2S/c23-15-5-7-16(8-6-15)25-9-11-26(12-10-25)20(28)13-17-14-30-22-24-19-4-2-1-3-18(19)21(29)27(17)22/h5-8,17H,1-4,9-14H2/t17-/m1/s1. The lowest BCUT2D eigenvalue weighted by Crippen LogP contribution is -2.49. The van der Waals surface area contributed by atoms with Crippen molar-refractivity contribution in [3.8, 4) is 0 Å². The largest absolute Gasteiger partial charge is 0.368 e. The van der Waals surface area contributed by atoms with Gasteiger partial charge in [-0.05, 0) is 49.9 Å². The van der Waals surface area contributed by atoms with Gasteiger partial charge in [0.1, 0.15) is 5.82 Å². The number of fused-ring (bicyclic) bond motifs is 2. The third-order valence-corrected chi connectivity index (χ3v) is 7.45. The van der Waals surface area contributed by atoms with Crippen LogP contribution < -0.4 is 10.5 Å². The number of piperazine rings is 1. The van der Waals surface area contributed by atoms with Crippen LogP contribution in [0.4, 0.5) is 10.1 Å². The van der Waals surface area contributed by atoms with Crippen LogP contribution in [-0.4, -0.2) is 52.3 Å². The van der Waals surface area contributed by atoms with Crippen molar-refractivity contribution in [3.63, 3.8) is 0 Å². The number of anilines is 1. The smallest absolute Gasteiger partial charge is 0.257 e. The first-order chi connectivity index (χ1) is 14.6. The Bertz CT molecular complexity index is 1020. The topological polar surface area (TPSA) is 58.4 Å². The molecule has 1 fully saturated rings. The molecule has 3 heterocycles. The fourth-order valence-corrected chi connectivity index (χ4v) is 5.81. The van der Waals surface area contributed by atoms with Gasteiger partial charge in [-0.3, -0.25) is 14.2 Å². The highest BCUT2D eigenvalue weighted by molar-refractivity contribution is 7.99. The summed E-state index contributed by atoms with van der Waals surface area (Å²) in [6.07, 6.45) is 4.17. The lowest BCUT2D eigenvalue weighted by atomic mass is 9.97. The molecule has 1 saturated heterocycles. The van der Waals surface area contributed by atoms with Crippen LogP contribution in [0.5, 0.6) is 0 Å². The van der Waals surface area contributed by atoms with Gasteiger partial charge in [0.25, 0.3) is 5.56 Å². The zero-order chi connectivity index (χ0) is 20.7. The van der Waals surface area contributed by atoms with E-state index >= 15 is 0 Å². The van der Waals surface area contributed by atoms with Gasteiger partial charge in [-0.25, -0.2) is 9.37 Å². The highest BCUT2D eigenvalue weighted by Crippen LogP contribution is 2.34. The number of thioether (sulfide) groups is 1. The monoisotopic (exact) mass is 428 g/mol. The summed E-state index contributed by atoms with van der Waals surface area (Å²) in [7, 11) is 0.